The highest BCUT2D eigenvalue weighted by Gasteiger charge is 2.38. The molecule has 2 aromatic rings. The van der Waals surface area contributed by atoms with E-state index in [-0.39, 0.29) is 18.5 Å². The molecule has 5 rings (SSSR count). The molecule has 2 fully saturated rings. The van der Waals surface area contributed by atoms with E-state index in [4.69, 9.17) is 9.47 Å². The van der Waals surface area contributed by atoms with Gasteiger partial charge in [0.1, 0.15) is 30.0 Å². The average Bonchev–Trinajstić information content (AvgIpc) is 2.85. The Labute approximate surface area is 208 Å². The molecule has 2 aliphatic heterocycles. The first-order valence-electron chi connectivity index (χ1n) is 12.4. The molecular weight excluding hydrogens is 454 g/mol. The highest BCUT2D eigenvalue weighted by Crippen LogP contribution is 2.51. The standard InChI is InChI=1S/C27H35NO3S.ClH/c29-22-11-14-24-25(19-22)32-27(21-7-3-1-4-8-21)26(31-24)20-9-12-23(13-10-20)30-18-17-28-15-5-2-6-16-28;/h9-14,19,21,26-27,29H,1-8,15-18H2;1H. The van der Waals surface area contributed by atoms with Crippen LogP contribution in [0.2, 0.25) is 0 Å². The van der Waals surface area contributed by atoms with Gasteiger partial charge >= 0.3 is 0 Å². The Balaban J connectivity index is 0.00000259. The number of rotatable bonds is 6. The molecule has 33 heavy (non-hydrogen) atoms. The number of benzene rings is 2. The number of ether oxygens (including phenoxy) is 2. The molecule has 1 saturated carbocycles. The van der Waals surface area contributed by atoms with E-state index in [0.717, 1.165) is 29.5 Å². The summed E-state index contributed by atoms with van der Waals surface area (Å²) in [5.74, 6) is 2.78. The third-order valence-corrected chi connectivity index (χ3v) is 8.67. The molecule has 0 aromatic heterocycles. The largest absolute Gasteiger partial charge is 0.508 e. The van der Waals surface area contributed by atoms with Crippen molar-refractivity contribution in [1.82, 2.24) is 4.90 Å². The lowest BCUT2D eigenvalue weighted by atomic mass is 9.83. The fourth-order valence-electron chi connectivity index (χ4n) is 5.39. The summed E-state index contributed by atoms with van der Waals surface area (Å²) in [5, 5.41) is 10.3. The van der Waals surface area contributed by atoms with Gasteiger partial charge in [0.25, 0.3) is 0 Å². The first-order valence-corrected chi connectivity index (χ1v) is 13.3. The summed E-state index contributed by atoms with van der Waals surface area (Å²) in [5.41, 5.74) is 1.22. The second-order valence-electron chi connectivity index (χ2n) is 9.47. The Morgan fingerprint density at radius 3 is 2.42 bits per heavy atom. The van der Waals surface area contributed by atoms with Crippen LogP contribution in [0, 0.1) is 5.92 Å². The molecule has 2 unspecified atom stereocenters. The fraction of sp³-hybridized carbons (Fsp3) is 0.556. The molecule has 0 amide bonds. The van der Waals surface area contributed by atoms with Crippen molar-refractivity contribution in [3.63, 3.8) is 0 Å². The van der Waals surface area contributed by atoms with Crippen LogP contribution >= 0.6 is 24.2 Å². The highest BCUT2D eigenvalue weighted by molar-refractivity contribution is 8.00. The van der Waals surface area contributed by atoms with Crippen molar-refractivity contribution >= 4 is 24.2 Å². The van der Waals surface area contributed by atoms with Gasteiger partial charge in [0.15, 0.2) is 0 Å². The fourth-order valence-corrected chi connectivity index (χ4v) is 6.91. The summed E-state index contributed by atoms with van der Waals surface area (Å²) in [4.78, 5) is 3.57. The van der Waals surface area contributed by atoms with E-state index in [1.165, 1.54) is 70.0 Å². The van der Waals surface area contributed by atoms with Crippen molar-refractivity contribution in [2.45, 2.75) is 67.6 Å². The third-order valence-electron chi connectivity index (χ3n) is 7.19. The van der Waals surface area contributed by atoms with Gasteiger partial charge in [-0.1, -0.05) is 37.8 Å². The van der Waals surface area contributed by atoms with Crippen molar-refractivity contribution in [2.75, 3.05) is 26.2 Å². The van der Waals surface area contributed by atoms with Crippen LogP contribution in [-0.4, -0.2) is 41.5 Å². The maximum absolute atomic E-state index is 9.97. The molecule has 2 atom stereocenters. The first kappa shape index (κ1) is 24.6. The Bertz CT molecular complexity index is 881. The normalized spacial score (nSPS) is 23.8. The lowest BCUT2D eigenvalue weighted by Crippen LogP contribution is -2.33. The maximum atomic E-state index is 9.97. The summed E-state index contributed by atoms with van der Waals surface area (Å²) < 4.78 is 12.6. The second-order valence-corrected chi connectivity index (χ2v) is 10.7. The minimum atomic E-state index is 0. The van der Waals surface area contributed by atoms with Crippen LogP contribution in [0.4, 0.5) is 0 Å². The van der Waals surface area contributed by atoms with Gasteiger partial charge in [-0.05, 0) is 80.6 Å². The van der Waals surface area contributed by atoms with Gasteiger partial charge in [0.05, 0.1) is 10.1 Å². The van der Waals surface area contributed by atoms with Gasteiger partial charge in [0.2, 0.25) is 0 Å². The molecule has 3 aliphatic rings. The minimum Gasteiger partial charge on any atom is -0.508 e. The zero-order chi connectivity index (χ0) is 21.8. The molecule has 1 aliphatic carbocycles. The first-order chi connectivity index (χ1) is 15.8. The number of phenols is 1. The van der Waals surface area contributed by atoms with Gasteiger partial charge in [-0.25, -0.2) is 0 Å². The predicted molar refractivity (Wildman–Crippen MR) is 137 cm³/mol. The molecule has 2 aromatic carbocycles. The molecule has 0 radical (unpaired) electrons. The summed E-state index contributed by atoms with van der Waals surface area (Å²) in [7, 11) is 0. The number of phenolic OH excluding ortho intramolecular Hbond substituents is 1. The molecule has 1 N–H and O–H groups in total. The summed E-state index contributed by atoms with van der Waals surface area (Å²) in [6.07, 6.45) is 10.5. The van der Waals surface area contributed by atoms with E-state index in [2.05, 4.69) is 29.2 Å². The Morgan fingerprint density at radius 1 is 0.939 bits per heavy atom. The summed E-state index contributed by atoms with van der Waals surface area (Å²) in [6.45, 7) is 4.18. The van der Waals surface area contributed by atoms with Crippen molar-refractivity contribution in [2.24, 2.45) is 5.92 Å². The minimum absolute atomic E-state index is 0. The van der Waals surface area contributed by atoms with E-state index in [1.54, 1.807) is 6.07 Å². The van der Waals surface area contributed by atoms with Crippen LogP contribution in [-0.2, 0) is 0 Å². The van der Waals surface area contributed by atoms with Crippen molar-refractivity contribution in [3.05, 3.63) is 48.0 Å². The van der Waals surface area contributed by atoms with E-state index in [9.17, 15) is 5.11 Å². The van der Waals surface area contributed by atoms with Gasteiger partial charge in [-0.3, -0.25) is 4.90 Å². The Kier molecular flexibility index (Phi) is 8.72. The third kappa shape index (κ3) is 6.12. The number of aromatic hydroxyl groups is 1. The number of nitrogens with zero attached hydrogens (tertiary/aromatic N) is 1. The van der Waals surface area contributed by atoms with Crippen molar-refractivity contribution < 1.29 is 14.6 Å². The van der Waals surface area contributed by atoms with E-state index >= 15 is 0 Å². The SMILES string of the molecule is Cl.Oc1ccc2c(c1)SC(C1CCCCC1)C(c1ccc(OCCN3CCCCC3)cc1)O2. The molecule has 180 valence electrons. The average molecular weight is 490 g/mol. The smallest absolute Gasteiger partial charge is 0.136 e. The molecular formula is C27H36ClNO3S. The number of thioether (sulfide) groups is 1. The van der Waals surface area contributed by atoms with Crippen molar-refractivity contribution in [3.8, 4) is 17.2 Å². The number of fused-ring (bicyclic) bond motifs is 1. The van der Waals surface area contributed by atoms with Crippen LogP contribution in [0.15, 0.2) is 47.4 Å². The summed E-state index contributed by atoms with van der Waals surface area (Å²) in [6, 6.07) is 14.0. The predicted octanol–water partition coefficient (Wildman–Crippen LogP) is 6.85. The zero-order valence-corrected chi connectivity index (χ0v) is 20.9. The van der Waals surface area contributed by atoms with Gasteiger partial charge in [0, 0.05) is 6.54 Å². The number of hydrogen-bond acceptors (Lipinski definition) is 5. The Morgan fingerprint density at radius 2 is 1.67 bits per heavy atom. The monoisotopic (exact) mass is 489 g/mol. The maximum Gasteiger partial charge on any atom is 0.136 e. The summed E-state index contributed by atoms with van der Waals surface area (Å²) >= 11 is 1.89. The van der Waals surface area contributed by atoms with Gasteiger partial charge < -0.3 is 14.6 Å². The van der Waals surface area contributed by atoms with E-state index < -0.39 is 0 Å². The lowest BCUT2D eigenvalue weighted by Gasteiger charge is -2.39. The highest BCUT2D eigenvalue weighted by atomic mass is 35.5. The van der Waals surface area contributed by atoms with Crippen LogP contribution in [0.25, 0.3) is 0 Å². The van der Waals surface area contributed by atoms with Crippen LogP contribution < -0.4 is 9.47 Å². The zero-order valence-electron chi connectivity index (χ0n) is 19.3. The molecule has 0 spiro atoms. The van der Waals surface area contributed by atoms with Crippen LogP contribution in [0.5, 0.6) is 17.2 Å². The number of hydrogen-bond donors (Lipinski definition) is 1. The van der Waals surface area contributed by atoms with Gasteiger partial charge in [-0.2, -0.15) is 0 Å². The number of piperidine rings is 1. The number of halogens is 1. The topological polar surface area (TPSA) is 41.9 Å². The lowest BCUT2D eigenvalue weighted by molar-refractivity contribution is 0.152. The van der Waals surface area contributed by atoms with Gasteiger partial charge in [-0.15, -0.1) is 24.2 Å². The van der Waals surface area contributed by atoms with Crippen molar-refractivity contribution in [1.29, 1.82) is 0 Å². The molecule has 4 nitrogen and oxygen atoms in total. The second kappa shape index (κ2) is 11.7. The van der Waals surface area contributed by atoms with Crippen LogP contribution in [0.1, 0.15) is 63.0 Å². The van der Waals surface area contributed by atoms with E-state index in [1.807, 2.05) is 23.9 Å². The van der Waals surface area contributed by atoms with E-state index in [0.29, 0.717) is 16.9 Å². The molecule has 6 heteroatoms. The quantitative estimate of drug-likeness (QED) is 0.480. The molecule has 2 heterocycles. The molecule has 0 bridgehead atoms. The Hall–Kier alpha value is -1.56. The van der Waals surface area contributed by atoms with Crippen LogP contribution in [0.3, 0.4) is 0 Å². The molecule has 1 saturated heterocycles. The number of likely N-dealkylation sites (tertiary alicyclic amines) is 1.